The molecule has 0 unspecified atom stereocenters. The Bertz CT molecular complexity index is 571. The second-order valence-electron chi connectivity index (χ2n) is 6.56. The van der Waals surface area contributed by atoms with Crippen LogP contribution in [0.15, 0.2) is 12.3 Å². The first-order chi connectivity index (χ1) is 9.55. The number of carbonyl (C=O) groups is 1. The lowest BCUT2D eigenvalue weighted by Crippen LogP contribution is -2.15. The quantitative estimate of drug-likeness (QED) is 0.835. The largest absolute Gasteiger partial charge is 0.309 e. The number of nitrogens with one attached hydrogen (secondary N) is 1. The van der Waals surface area contributed by atoms with E-state index in [1.54, 1.807) is 12.3 Å². The zero-order valence-corrected chi connectivity index (χ0v) is 14.0. The third kappa shape index (κ3) is 8.49. The standard InChI is InChI=1S/C14H25N3O3S/c1-14(2,3)8-5-6-13(18)15-12-7-9-17(16-12)10-11-21(4,19)20/h7,9H,5-6,8,10-11H2,1-4H3,(H,15,16,18). The number of amides is 1. The summed E-state index contributed by atoms with van der Waals surface area (Å²) in [7, 11) is -3.01. The fourth-order valence-electron chi connectivity index (χ4n) is 1.80. The molecule has 0 aromatic carbocycles. The maximum atomic E-state index is 11.8. The van der Waals surface area contributed by atoms with Gasteiger partial charge in [0.1, 0.15) is 9.84 Å². The van der Waals surface area contributed by atoms with Crippen LogP contribution in [0.25, 0.3) is 0 Å². The number of hydrogen-bond acceptors (Lipinski definition) is 4. The average Bonchev–Trinajstić information content (AvgIpc) is 2.71. The van der Waals surface area contributed by atoms with Gasteiger partial charge >= 0.3 is 0 Å². The molecular formula is C14H25N3O3S. The fraction of sp³-hybridized carbons (Fsp3) is 0.714. The molecule has 0 fully saturated rings. The first-order valence-corrected chi connectivity index (χ1v) is 9.12. The monoisotopic (exact) mass is 315 g/mol. The fourth-order valence-corrected chi connectivity index (χ4v) is 2.32. The summed E-state index contributed by atoms with van der Waals surface area (Å²) in [6, 6.07) is 1.67. The van der Waals surface area contributed by atoms with Crippen LogP contribution < -0.4 is 5.32 Å². The number of anilines is 1. The van der Waals surface area contributed by atoms with Crippen LogP contribution in [-0.2, 0) is 21.2 Å². The Kier molecular flexibility index (Phi) is 5.95. The second kappa shape index (κ2) is 7.06. The molecule has 1 aromatic heterocycles. The highest BCUT2D eigenvalue weighted by atomic mass is 32.2. The van der Waals surface area contributed by atoms with Crippen molar-refractivity contribution in [2.24, 2.45) is 5.41 Å². The molecule has 0 radical (unpaired) electrons. The molecule has 7 heteroatoms. The number of aryl methyl sites for hydroxylation is 1. The molecule has 21 heavy (non-hydrogen) atoms. The van der Waals surface area contributed by atoms with Gasteiger partial charge in [-0.05, 0) is 18.3 Å². The smallest absolute Gasteiger partial charge is 0.225 e. The molecule has 0 spiro atoms. The van der Waals surface area contributed by atoms with E-state index in [9.17, 15) is 13.2 Å². The predicted molar refractivity (Wildman–Crippen MR) is 83.9 cm³/mol. The number of carbonyl (C=O) groups excluding carboxylic acids is 1. The molecule has 0 aliphatic heterocycles. The molecule has 1 amide bonds. The first-order valence-electron chi connectivity index (χ1n) is 7.06. The van der Waals surface area contributed by atoms with Gasteiger partial charge in [-0.2, -0.15) is 5.10 Å². The minimum atomic E-state index is -3.01. The van der Waals surface area contributed by atoms with Crippen molar-refractivity contribution >= 4 is 21.6 Å². The van der Waals surface area contributed by atoms with Crippen molar-refractivity contribution in [3.63, 3.8) is 0 Å². The molecular weight excluding hydrogens is 290 g/mol. The summed E-state index contributed by atoms with van der Waals surface area (Å²) in [5.74, 6) is 0.435. The van der Waals surface area contributed by atoms with Crippen LogP contribution in [0.3, 0.4) is 0 Å². The van der Waals surface area contributed by atoms with E-state index in [1.807, 2.05) is 0 Å². The Morgan fingerprint density at radius 2 is 2.05 bits per heavy atom. The van der Waals surface area contributed by atoms with Crippen molar-refractivity contribution in [2.45, 2.75) is 46.6 Å². The summed E-state index contributed by atoms with van der Waals surface area (Å²) in [5, 5.41) is 6.86. The molecule has 0 aliphatic carbocycles. The molecule has 0 atom stereocenters. The molecule has 1 heterocycles. The Morgan fingerprint density at radius 1 is 1.38 bits per heavy atom. The van der Waals surface area contributed by atoms with Crippen molar-refractivity contribution in [2.75, 3.05) is 17.3 Å². The Labute approximate surface area is 126 Å². The van der Waals surface area contributed by atoms with Gasteiger partial charge in [0.15, 0.2) is 5.82 Å². The lowest BCUT2D eigenvalue weighted by Gasteiger charge is -2.17. The van der Waals surface area contributed by atoms with E-state index in [0.29, 0.717) is 18.8 Å². The zero-order valence-electron chi connectivity index (χ0n) is 13.2. The van der Waals surface area contributed by atoms with Gasteiger partial charge in [0, 0.05) is 24.9 Å². The normalized spacial score (nSPS) is 12.4. The first kappa shape index (κ1) is 17.7. The van der Waals surface area contributed by atoms with E-state index < -0.39 is 9.84 Å². The van der Waals surface area contributed by atoms with Gasteiger partial charge < -0.3 is 5.32 Å². The second-order valence-corrected chi connectivity index (χ2v) is 8.82. The van der Waals surface area contributed by atoms with Gasteiger partial charge in [-0.15, -0.1) is 0 Å². The highest BCUT2D eigenvalue weighted by molar-refractivity contribution is 7.90. The maximum absolute atomic E-state index is 11.8. The molecule has 1 aromatic rings. The third-order valence-corrected chi connectivity index (χ3v) is 3.85. The summed E-state index contributed by atoms with van der Waals surface area (Å²) in [6.07, 6.45) is 5.14. The Balaban J connectivity index is 2.38. The molecule has 0 saturated heterocycles. The molecule has 1 N–H and O–H groups in total. The number of hydrogen-bond donors (Lipinski definition) is 1. The minimum absolute atomic E-state index is 0.0354. The average molecular weight is 315 g/mol. The third-order valence-electron chi connectivity index (χ3n) is 2.93. The predicted octanol–water partition coefficient (Wildman–Crippen LogP) is 2.08. The lowest BCUT2D eigenvalue weighted by molar-refractivity contribution is -0.116. The van der Waals surface area contributed by atoms with Crippen molar-refractivity contribution in [1.29, 1.82) is 0 Å². The zero-order chi connectivity index (χ0) is 16.1. The SMILES string of the molecule is CC(C)(C)CCCC(=O)Nc1ccn(CCS(C)(=O)=O)n1. The van der Waals surface area contributed by atoms with Gasteiger partial charge in [0.05, 0.1) is 12.3 Å². The van der Waals surface area contributed by atoms with Crippen LogP contribution >= 0.6 is 0 Å². The van der Waals surface area contributed by atoms with Crippen LogP contribution in [0.2, 0.25) is 0 Å². The molecule has 120 valence electrons. The number of rotatable bonds is 7. The lowest BCUT2D eigenvalue weighted by atomic mass is 9.90. The minimum Gasteiger partial charge on any atom is -0.309 e. The molecule has 0 bridgehead atoms. The summed E-state index contributed by atoms with van der Waals surface area (Å²) >= 11 is 0. The van der Waals surface area contributed by atoms with Gasteiger partial charge in [-0.3, -0.25) is 9.48 Å². The van der Waals surface area contributed by atoms with Crippen LogP contribution in [0.1, 0.15) is 40.0 Å². The number of sulfone groups is 1. The van der Waals surface area contributed by atoms with E-state index in [1.165, 1.54) is 10.9 Å². The Morgan fingerprint density at radius 3 is 2.62 bits per heavy atom. The highest BCUT2D eigenvalue weighted by Gasteiger charge is 2.12. The van der Waals surface area contributed by atoms with Gasteiger partial charge in [-0.25, -0.2) is 8.42 Å². The van der Waals surface area contributed by atoms with E-state index in [4.69, 9.17) is 0 Å². The van der Waals surface area contributed by atoms with Gasteiger partial charge in [0.2, 0.25) is 5.91 Å². The highest BCUT2D eigenvalue weighted by Crippen LogP contribution is 2.21. The molecule has 1 rings (SSSR count). The summed E-state index contributed by atoms with van der Waals surface area (Å²) < 4.78 is 23.7. The number of nitrogens with zero attached hydrogens (tertiary/aromatic N) is 2. The topological polar surface area (TPSA) is 81.1 Å². The van der Waals surface area contributed by atoms with Crippen LogP contribution in [0, 0.1) is 5.41 Å². The van der Waals surface area contributed by atoms with Crippen molar-refractivity contribution in [3.8, 4) is 0 Å². The van der Waals surface area contributed by atoms with E-state index >= 15 is 0 Å². The van der Waals surface area contributed by atoms with E-state index in [0.717, 1.165) is 12.8 Å². The summed E-state index contributed by atoms with van der Waals surface area (Å²) in [4.78, 5) is 11.8. The van der Waals surface area contributed by atoms with Gasteiger partial charge in [-0.1, -0.05) is 20.8 Å². The Hall–Kier alpha value is -1.37. The summed E-state index contributed by atoms with van der Waals surface area (Å²) in [5.41, 5.74) is 0.230. The molecule has 6 nitrogen and oxygen atoms in total. The van der Waals surface area contributed by atoms with Crippen molar-refractivity contribution in [1.82, 2.24) is 9.78 Å². The van der Waals surface area contributed by atoms with Crippen molar-refractivity contribution in [3.05, 3.63) is 12.3 Å². The summed E-state index contributed by atoms with van der Waals surface area (Å²) in [6.45, 7) is 6.73. The number of aromatic nitrogens is 2. The van der Waals surface area contributed by atoms with E-state index in [2.05, 4.69) is 31.2 Å². The maximum Gasteiger partial charge on any atom is 0.225 e. The van der Waals surface area contributed by atoms with Crippen molar-refractivity contribution < 1.29 is 13.2 Å². The van der Waals surface area contributed by atoms with E-state index in [-0.39, 0.29) is 17.1 Å². The van der Waals surface area contributed by atoms with Crippen LogP contribution in [0.4, 0.5) is 5.82 Å². The van der Waals surface area contributed by atoms with Gasteiger partial charge in [0.25, 0.3) is 0 Å². The van der Waals surface area contributed by atoms with Crippen LogP contribution in [0.5, 0.6) is 0 Å². The molecule has 0 aliphatic rings. The van der Waals surface area contributed by atoms with Crippen LogP contribution in [-0.4, -0.2) is 36.1 Å². The molecule has 0 saturated carbocycles.